The van der Waals surface area contributed by atoms with Gasteiger partial charge in [-0.2, -0.15) is 0 Å². The van der Waals surface area contributed by atoms with Gasteiger partial charge in [0.2, 0.25) is 0 Å². The molecule has 1 aliphatic carbocycles. The average Bonchev–Trinajstić information content (AvgIpc) is 3.17. The van der Waals surface area contributed by atoms with Crippen LogP contribution in [0.4, 0.5) is 4.39 Å². The van der Waals surface area contributed by atoms with Crippen molar-refractivity contribution in [2.45, 2.75) is 18.9 Å². The van der Waals surface area contributed by atoms with E-state index in [-0.39, 0.29) is 19.1 Å². The molecule has 5 heteroatoms. The molecule has 4 nitrogen and oxygen atoms in total. The molecule has 0 heterocycles. The second-order valence-electron chi connectivity index (χ2n) is 4.45. The molecule has 0 saturated heterocycles. The standard InChI is InChI=1S/C13H16FNO3/c14-10-2-1-3-11(6-10)18-8-13(17)15-7-12(16)9-4-5-9/h1-3,6,9,12,16H,4-5,7-8H2,(H,15,17). The normalized spacial score (nSPS) is 16.1. The maximum Gasteiger partial charge on any atom is 0.258 e. The summed E-state index contributed by atoms with van der Waals surface area (Å²) in [7, 11) is 0. The molecule has 1 fully saturated rings. The van der Waals surface area contributed by atoms with Crippen LogP contribution in [0.3, 0.4) is 0 Å². The summed E-state index contributed by atoms with van der Waals surface area (Å²) in [5.41, 5.74) is 0. The maximum absolute atomic E-state index is 12.8. The highest BCUT2D eigenvalue weighted by Gasteiger charge is 2.29. The zero-order chi connectivity index (χ0) is 13.0. The van der Waals surface area contributed by atoms with Gasteiger partial charge in [-0.25, -0.2) is 4.39 Å². The fourth-order valence-corrected chi connectivity index (χ4v) is 1.62. The van der Waals surface area contributed by atoms with Crippen molar-refractivity contribution in [3.05, 3.63) is 30.1 Å². The molecule has 1 aliphatic rings. The Kier molecular flexibility index (Phi) is 4.15. The van der Waals surface area contributed by atoms with E-state index in [1.165, 1.54) is 18.2 Å². The number of carbonyl (C=O) groups excluding carboxylic acids is 1. The minimum atomic E-state index is -0.469. The topological polar surface area (TPSA) is 58.6 Å². The maximum atomic E-state index is 12.8. The zero-order valence-electron chi connectivity index (χ0n) is 9.93. The van der Waals surface area contributed by atoms with Crippen molar-refractivity contribution in [2.75, 3.05) is 13.2 Å². The largest absolute Gasteiger partial charge is 0.484 e. The lowest BCUT2D eigenvalue weighted by Gasteiger charge is -2.11. The van der Waals surface area contributed by atoms with E-state index in [0.29, 0.717) is 11.7 Å². The minimum absolute atomic E-state index is 0.180. The lowest BCUT2D eigenvalue weighted by Crippen LogP contribution is -2.36. The summed E-state index contributed by atoms with van der Waals surface area (Å²) in [5.74, 6) is -0.0849. The van der Waals surface area contributed by atoms with Gasteiger partial charge in [-0.3, -0.25) is 4.79 Å². The molecule has 1 aromatic rings. The summed E-state index contributed by atoms with van der Waals surface area (Å²) < 4.78 is 18.0. The van der Waals surface area contributed by atoms with Gasteiger partial charge in [0.25, 0.3) is 5.91 Å². The third kappa shape index (κ3) is 4.00. The van der Waals surface area contributed by atoms with Crippen LogP contribution >= 0.6 is 0 Å². The third-order valence-corrected chi connectivity index (χ3v) is 2.84. The van der Waals surface area contributed by atoms with Crippen LogP contribution in [0.2, 0.25) is 0 Å². The number of halogens is 1. The number of nitrogens with one attached hydrogen (secondary N) is 1. The Balaban J connectivity index is 1.67. The van der Waals surface area contributed by atoms with Gasteiger partial charge in [-0.15, -0.1) is 0 Å². The van der Waals surface area contributed by atoms with Gasteiger partial charge < -0.3 is 15.2 Å². The Morgan fingerprint density at radius 1 is 1.56 bits per heavy atom. The predicted octanol–water partition coefficient (Wildman–Crippen LogP) is 1.09. The fraction of sp³-hybridized carbons (Fsp3) is 0.462. The van der Waals surface area contributed by atoms with Crippen LogP contribution in [-0.4, -0.2) is 30.3 Å². The average molecular weight is 253 g/mol. The van der Waals surface area contributed by atoms with Crippen LogP contribution in [-0.2, 0) is 4.79 Å². The first-order valence-electron chi connectivity index (χ1n) is 5.98. The van der Waals surface area contributed by atoms with E-state index >= 15 is 0 Å². The van der Waals surface area contributed by atoms with Crippen LogP contribution in [0.15, 0.2) is 24.3 Å². The van der Waals surface area contributed by atoms with Crippen molar-refractivity contribution in [3.63, 3.8) is 0 Å². The molecule has 98 valence electrons. The number of rotatable bonds is 6. The van der Waals surface area contributed by atoms with Crippen molar-refractivity contribution in [2.24, 2.45) is 5.92 Å². The molecule has 1 unspecified atom stereocenters. The van der Waals surface area contributed by atoms with Crippen molar-refractivity contribution in [3.8, 4) is 5.75 Å². The highest BCUT2D eigenvalue weighted by atomic mass is 19.1. The molecular weight excluding hydrogens is 237 g/mol. The summed E-state index contributed by atoms with van der Waals surface area (Å²) in [4.78, 5) is 11.4. The highest BCUT2D eigenvalue weighted by Crippen LogP contribution is 2.32. The van der Waals surface area contributed by atoms with Gasteiger partial charge in [-0.05, 0) is 30.9 Å². The number of aliphatic hydroxyl groups excluding tert-OH is 1. The molecule has 18 heavy (non-hydrogen) atoms. The first-order valence-corrected chi connectivity index (χ1v) is 5.98. The molecule has 1 amide bonds. The summed E-state index contributed by atoms with van der Waals surface area (Å²) >= 11 is 0. The minimum Gasteiger partial charge on any atom is -0.484 e. The van der Waals surface area contributed by atoms with Gasteiger partial charge >= 0.3 is 0 Å². The van der Waals surface area contributed by atoms with E-state index in [2.05, 4.69) is 5.32 Å². The Labute approximate surface area is 105 Å². The smallest absolute Gasteiger partial charge is 0.258 e. The second kappa shape index (κ2) is 5.82. The van der Waals surface area contributed by atoms with E-state index in [4.69, 9.17) is 4.74 Å². The number of ether oxygens (including phenoxy) is 1. The van der Waals surface area contributed by atoms with Crippen LogP contribution in [0, 0.1) is 11.7 Å². The Bertz CT molecular complexity index is 420. The molecule has 0 radical (unpaired) electrons. The molecule has 0 spiro atoms. The van der Waals surface area contributed by atoms with Crippen LogP contribution in [0.5, 0.6) is 5.75 Å². The van der Waals surface area contributed by atoms with Crippen molar-refractivity contribution in [1.82, 2.24) is 5.32 Å². The number of hydrogen-bond donors (Lipinski definition) is 2. The number of carbonyl (C=O) groups is 1. The van der Waals surface area contributed by atoms with Gasteiger partial charge in [-0.1, -0.05) is 6.07 Å². The molecule has 0 aliphatic heterocycles. The molecule has 2 rings (SSSR count). The monoisotopic (exact) mass is 253 g/mol. The van der Waals surface area contributed by atoms with Gasteiger partial charge in [0.1, 0.15) is 11.6 Å². The van der Waals surface area contributed by atoms with E-state index in [0.717, 1.165) is 12.8 Å². The van der Waals surface area contributed by atoms with Crippen LogP contribution in [0.25, 0.3) is 0 Å². The summed E-state index contributed by atoms with van der Waals surface area (Å²) in [6.07, 6.45) is 1.58. The van der Waals surface area contributed by atoms with Gasteiger partial charge in [0, 0.05) is 12.6 Å². The quantitative estimate of drug-likeness (QED) is 0.798. The molecular formula is C13H16FNO3. The third-order valence-electron chi connectivity index (χ3n) is 2.84. The SMILES string of the molecule is O=C(COc1cccc(F)c1)NCC(O)C1CC1. The molecule has 0 aromatic heterocycles. The van der Waals surface area contributed by atoms with E-state index in [9.17, 15) is 14.3 Å². The lowest BCUT2D eigenvalue weighted by molar-refractivity contribution is -0.123. The van der Waals surface area contributed by atoms with Crippen LogP contribution < -0.4 is 10.1 Å². The predicted molar refractivity (Wildman–Crippen MR) is 63.6 cm³/mol. The molecule has 1 saturated carbocycles. The van der Waals surface area contributed by atoms with E-state index in [1.807, 2.05) is 0 Å². The highest BCUT2D eigenvalue weighted by molar-refractivity contribution is 5.77. The molecule has 2 N–H and O–H groups in total. The fourth-order valence-electron chi connectivity index (χ4n) is 1.62. The van der Waals surface area contributed by atoms with E-state index in [1.54, 1.807) is 6.07 Å². The molecule has 1 atom stereocenters. The van der Waals surface area contributed by atoms with E-state index < -0.39 is 11.9 Å². The summed E-state index contributed by atoms with van der Waals surface area (Å²) in [5, 5.41) is 12.1. The van der Waals surface area contributed by atoms with Crippen LogP contribution in [0.1, 0.15) is 12.8 Å². The molecule has 0 bridgehead atoms. The Hall–Kier alpha value is -1.62. The Morgan fingerprint density at radius 3 is 3.00 bits per heavy atom. The lowest BCUT2D eigenvalue weighted by atomic mass is 10.2. The first kappa shape index (κ1) is 12.8. The number of benzene rings is 1. The number of hydrogen-bond acceptors (Lipinski definition) is 3. The summed E-state index contributed by atoms with van der Waals surface area (Å²) in [6, 6.07) is 5.61. The first-order chi connectivity index (χ1) is 8.65. The summed E-state index contributed by atoms with van der Waals surface area (Å²) in [6.45, 7) is 0.0663. The van der Waals surface area contributed by atoms with Crippen molar-refractivity contribution < 1.29 is 19.0 Å². The van der Waals surface area contributed by atoms with Crippen molar-refractivity contribution >= 4 is 5.91 Å². The van der Waals surface area contributed by atoms with Gasteiger partial charge in [0.15, 0.2) is 6.61 Å². The number of aliphatic hydroxyl groups is 1. The second-order valence-corrected chi connectivity index (χ2v) is 4.45. The number of amides is 1. The Morgan fingerprint density at radius 2 is 2.33 bits per heavy atom. The van der Waals surface area contributed by atoms with Gasteiger partial charge in [0.05, 0.1) is 6.10 Å². The van der Waals surface area contributed by atoms with Crippen molar-refractivity contribution in [1.29, 1.82) is 0 Å². The molecule has 1 aromatic carbocycles. The zero-order valence-corrected chi connectivity index (χ0v) is 9.93.